The number of rotatable bonds is 7. The first-order valence-electron chi connectivity index (χ1n) is 7.93. The number of amides is 1. The lowest BCUT2D eigenvalue weighted by atomic mass is 10.1. The van der Waals surface area contributed by atoms with Crippen LogP contribution in [-0.4, -0.2) is 37.7 Å². The van der Waals surface area contributed by atoms with Crippen molar-refractivity contribution in [3.05, 3.63) is 74.8 Å². The van der Waals surface area contributed by atoms with E-state index in [9.17, 15) is 25.0 Å². The van der Waals surface area contributed by atoms with Gasteiger partial charge >= 0.3 is 11.4 Å². The number of carbonyl (C=O) groups excluding carboxylic acids is 1. The molecule has 3 rings (SSSR count). The van der Waals surface area contributed by atoms with E-state index in [1.54, 1.807) is 24.3 Å². The van der Waals surface area contributed by atoms with Gasteiger partial charge in [-0.05, 0) is 24.3 Å². The molecule has 0 saturated carbocycles. The Kier molecular flexibility index (Phi) is 5.30. The maximum atomic E-state index is 12.3. The molecule has 13 nitrogen and oxygen atoms in total. The van der Waals surface area contributed by atoms with Crippen LogP contribution in [0.1, 0.15) is 10.4 Å². The zero-order chi connectivity index (χ0) is 21.0. The van der Waals surface area contributed by atoms with Gasteiger partial charge in [-0.25, -0.2) is 4.68 Å². The van der Waals surface area contributed by atoms with Crippen LogP contribution in [0.2, 0.25) is 0 Å². The Hall–Kier alpha value is -4.55. The molecule has 1 aromatic heterocycles. The monoisotopic (exact) mass is 399 g/mol. The second-order valence-electron chi connectivity index (χ2n) is 5.57. The highest BCUT2D eigenvalue weighted by atomic mass is 16.6. The number of benzene rings is 2. The van der Waals surface area contributed by atoms with E-state index in [-0.39, 0.29) is 11.3 Å². The standard InChI is InChI=1S/C16H13N7O6/c1-29-12-4-2-11(3-5-12)19-15-13(22(25)26)6-10(7-14(15)23(27)28)16(24)20-21-8-17-18-9-21/h2-9,19H,1H3,(H,20,24). The zero-order valence-electron chi connectivity index (χ0n) is 14.8. The lowest BCUT2D eigenvalue weighted by Crippen LogP contribution is -2.22. The topological polar surface area (TPSA) is 167 Å². The second kappa shape index (κ2) is 7.99. The van der Waals surface area contributed by atoms with Crippen molar-refractivity contribution >= 4 is 28.7 Å². The number of aromatic nitrogens is 3. The van der Waals surface area contributed by atoms with Crippen LogP contribution < -0.4 is 15.5 Å². The number of anilines is 2. The third-order valence-electron chi connectivity index (χ3n) is 3.76. The molecule has 1 heterocycles. The van der Waals surface area contributed by atoms with Gasteiger partial charge in [0.25, 0.3) is 5.91 Å². The van der Waals surface area contributed by atoms with E-state index >= 15 is 0 Å². The molecule has 0 radical (unpaired) electrons. The number of methoxy groups -OCH3 is 1. The number of nitrogens with one attached hydrogen (secondary N) is 2. The fourth-order valence-electron chi connectivity index (χ4n) is 2.42. The number of nitro benzene ring substituents is 2. The van der Waals surface area contributed by atoms with E-state index in [4.69, 9.17) is 4.74 Å². The summed E-state index contributed by atoms with van der Waals surface area (Å²) in [4.78, 5) is 33.8. The molecule has 2 aromatic carbocycles. The van der Waals surface area contributed by atoms with Crippen molar-refractivity contribution in [2.75, 3.05) is 17.9 Å². The molecule has 0 aliphatic carbocycles. The van der Waals surface area contributed by atoms with Gasteiger partial charge in [0.05, 0.1) is 22.5 Å². The SMILES string of the molecule is COc1ccc(Nc2c([N+](=O)[O-])cc(C(=O)Nn3cnnc3)cc2[N+](=O)[O-])cc1. The molecule has 0 atom stereocenters. The molecule has 3 aromatic rings. The van der Waals surface area contributed by atoms with Crippen molar-refractivity contribution in [3.63, 3.8) is 0 Å². The number of nitro groups is 2. The molecular weight excluding hydrogens is 386 g/mol. The summed E-state index contributed by atoms with van der Waals surface area (Å²) < 4.78 is 6.13. The van der Waals surface area contributed by atoms with Crippen LogP contribution in [0.15, 0.2) is 49.1 Å². The lowest BCUT2D eigenvalue weighted by molar-refractivity contribution is -0.392. The molecule has 0 aliphatic rings. The minimum Gasteiger partial charge on any atom is -0.497 e. The van der Waals surface area contributed by atoms with E-state index < -0.39 is 27.1 Å². The number of hydrogen-bond donors (Lipinski definition) is 2. The Morgan fingerprint density at radius 1 is 1.03 bits per heavy atom. The highest BCUT2D eigenvalue weighted by Crippen LogP contribution is 2.38. The highest BCUT2D eigenvalue weighted by molar-refractivity contribution is 6.02. The Labute approximate surface area is 162 Å². The van der Waals surface area contributed by atoms with Gasteiger partial charge in [-0.3, -0.25) is 30.4 Å². The third kappa shape index (κ3) is 4.24. The molecule has 0 spiro atoms. The van der Waals surface area contributed by atoms with Crippen LogP contribution in [0, 0.1) is 20.2 Å². The Balaban J connectivity index is 2.03. The first kappa shape index (κ1) is 19.2. The number of hydrogen-bond acceptors (Lipinski definition) is 9. The van der Waals surface area contributed by atoms with Crippen LogP contribution in [0.5, 0.6) is 5.75 Å². The van der Waals surface area contributed by atoms with Crippen LogP contribution in [0.25, 0.3) is 0 Å². The molecule has 148 valence electrons. The average Bonchev–Trinajstić information content (AvgIpc) is 3.21. The molecule has 0 saturated heterocycles. The molecule has 0 aliphatic heterocycles. The quantitative estimate of drug-likeness (QED) is 0.447. The Morgan fingerprint density at radius 2 is 1.59 bits per heavy atom. The highest BCUT2D eigenvalue weighted by Gasteiger charge is 2.29. The van der Waals surface area contributed by atoms with Gasteiger partial charge < -0.3 is 10.1 Å². The van der Waals surface area contributed by atoms with Crippen LogP contribution >= 0.6 is 0 Å². The lowest BCUT2D eigenvalue weighted by Gasteiger charge is -2.11. The Bertz CT molecular complexity index is 1030. The van der Waals surface area contributed by atoms with E-state index in [0.717, 1.165) is 16.8 Å². The minimum atomic E-state index is -0.813. The van der Waals surface area contributed by atoms with Gasteiger partial charge in [0.2, 0.25) is 0 Å². The van der Waals surface area contributed by atoms with E-state index in [2.05, 4.69) is 20.9 Å². The summed E-state index contributed by atoms with van der Waals surface area (Å²) in [5, 5.41) is 32.8. The molecule has 1 amide bonds. The van der Waals surface area contributed by atoms with Crippen LogP contribution in [-0.2, 0) is 0 Å². The van der Waals surface area contributed by atoms with E-state index in [1.165, 1.54) is 19.8 Å². The van der Waals surface area contributed by atoms with Gasteiger partial charge in [0, 0.05) is 17.8 Å². The molecular formula is C16H13N7O6. The summed E-state index contributed by atoms with van der Waals surface area (Å²) in [5.74, 6) is -0.271. The molecule has 13 heteroatoms. The maximum Gasteiger partial charge on any atom is 0.300 e. The molecule has 0 bridgehead atoms. The summed E-state index contributed by atoms with van der Waals surface area (Å²) in [6.45, 7) is 0. The summed E-state index contributed by atoms with van der Waals surface area (Å²) >= 11 is 0. The van der Waals surface area contributed by atoms with Crippen LogP contribution in [0.4, 0.5) is 22.7 Å². The van der Waals surface area contributed by atoms with E-state index in [0.29, 0.717) is 11.4 Å². The van der Waals surface area contributed by atoms with Gasteiger partial charge in [0.15, 0.2) is 5.69 Å². The average molecular weight is 399 g/mol. The normalized spacial score (nSPS) is 10.2. The molecule has 0 fully saturated rings. The Morgan fingerprint density at radius 3 is 2.07 bits per heavy atom. The summed E-state index contributed by atoms with van der Waals surface area (Å²) in [6.07, 6.45) is 2.36. The first-order chi connectivity index (χ1) is 13.9. The van der Waals surface area contributed by atoms with Crippen LogP contribution in [0.3, 0.4) is 0 Å². The predicted octanol–water partition coefficient (Wildman–Crippen LogP) is 2.23. The fourth-order valence-corrected chi connectivity index (χ4v) is 2.42. The van der Waals surface area contributed by atoms with Gasteiger partial charge in [-0.15, -0.1) is 10.2 Å². The van der Waals surface area contributed by atoms with Crippen molar-refractivity contribution in [2.45, 2.75) is 0 Å². The first-order valence-corrected chi connectivity index (χ1v) is 7.93. The summed E-state index contributed by atoms with van der Waals surface area (Å²) in [6, 6.07) is 8.14. The van der Waals surface area contributed by atoms with E-state index in [1.807, 2.05) is 0 Å². The third-order valence-corrected chi connectivity index (χ3v) is 3.76. The number of nitrogens with zero attached hydrogens (tertiary/aromatic N) is 5. The largest absolute Gasteiger partial charge is 0.497 e. The van der Waals surface area contributed by atoms with Crippen molar-refractivity contribution < 1.29 is 19.4 Å². The predicted molar refractivity (Wildman–Crippen MR) is 99.7 cm³/mol. The maximum absolute atomic E-state index is 12.3. The van der Waals surface area contributed by atoms with Crippen molar-refractivity contribution in [1.29, 1.82) is 0 Å². The minimum absolute atomic E-state index is 0.280. The summed E-state index contributed by atoms with van der Waals surface area (Å²) in [5.41, 5.74) is 0.779. The molecule has 29 heavy (non-hydrogen) atoms. The smallest absolute Gasteiger partial charge is 0.300 e. The second-order valence-corrected chi connectivity index (χ2v) is 5.57. The van der Waals surface area contributed by atoms with Gasteiger partial charge in [-0.1, -0.05) is 0 Å². The molecule has 0 unspecified atom stereocenters. The summed E-state index contributed by atoms with van der Waals surface area (Å²) in [7, 11) is 1.47. The van der Waals surface area contributed by atoms with Crippen molar-refractivity contribution in [3.8, 4) is 5.75 Å². The van der Waals surface area contributed by atoms with Crippen molar-refractivity contribution in [1.82, 2.24) is 14.9 Å². The van der Waals surface area contributed by atoms with Gasteiger partial charge in [0.1, 0.15) is 18.4 Å². The van der Waals surface area contributed by atoms with Gasteiger partial charge in [-0.2, -0.15) is 0 Å². The van der Waals surface area contributed by atoms with Crippen molar-refractivity contribution in [2.24, 2.45) is 0 Å². The number of ether oxygens (including phenoxy) is 1. The fraction of sp³-hybridized carbons (Fsp3) is 0.0625. The number of carbonyl (C=O) groups is 1. The molecule has 2 N–H and O–H groups in total. The zero-order valence-corrected chi connectivity index (χ0v) is 14.8.